The molecule has 4 nitrogen and oxygen atoms in total. The molecule has 4 heteroatoms. The summed E-state index contributed by atoms with van der Waals surface area (Å²) in [6.07, 6.45) is 0.810. The van der Waals surface area contributed by atoms with Crippen LogP contribution >= 0.6 is 0 Å². The van der Waals surface area contributed by atoms with E-state index in [1.54, 1.807) is 0 Å². The average Bonchev–Trinajstić information content (AvgIpc) is 3.53. The van der Waals surface area contributed by atoms with Crippen molar-refractivity contribution in [3.63, 3.8) is 0 Å². The van der Waals surface area contributed by atoms with E-state index < -0.39 is 0 Å². The van der Waals surface area contributed by atoms with Gasteiger partial charge in [-0.1, -0.05) is 31.2 Å². The van der Waals surface area contributed by atoms with Crippen LogP contribution in [0, 0.1) is 0 Å². The second kappa shape index (κ2) is 6.83. The maximum atomic E-state index is 5.22. The molecule has 2 aromatic rings. The Labute approximate surface area is 143 Å². The molecule has 0 radical (unpaired) electrons. The van der Waals surface area contributed by atoms with Crippen LogP contribution in [0.5, 0.6) is 0 Å². The molecule has 2 aromatic carbocycles. The van der Waals surface area contributed by atoms with Gasteiger partial charge in [-0.3, -0.25) is 0 Å². The van der Waals surface area contributed by atoms with Gasteiger partial charge in [0.05, 0.1) is 25.4 Å². The van der Waals surface area contributed by atoms with Crippen molar-refractivity contribution in [3.8, 4) is 0 Å². The third-order valence-corrected chi connectivity index (χ3v) is 4.69. The third-order valence-electron chi connectivity index (χ3n) is 4.69. The van der Waals surface area contributed by atoms with Crippen LogP contribution < -0.4 is 10.6 Å². The molecule has 0 saturated carbocycles. The van der Waals surface area contributed by atoms with Crippen LogP contribution in [0.25, 0.3) is 0 Å². The number of epoxide rings is 2. The first-order chi connectivity index (χ1) is 11.8. The Balaban J connectivity index is 1.35. The van der Waals surface area contributed by atoms with Crippen molar-refractivity contribution in [1.29, 1.82) is 0 Å². The topological polar surface area (TPSA) is 49.1 Å². The standard InChI is InChI=1S/C20H24N2O2/c1-14(15-2-6-17(7-3-15)21-10-19-12-23-19)16-4-8-18(9-5-16)22-11-20-13-24-20/h2-9,14,19-22H,10-13H2,1H3. The molecule has 2 aliphatic heterocycles. The lowest BCUT2D eigenvalue weighted by Crippen LogP contribution is -2.08. The van der Waals surface area contributed by atoms with Crippen LogP contribution in [0.4, 0.5) is 11.4 Å². The summed E-state index contributed by atoms with van der Waals surface area (Å²) in [5, 5.41) is 6.81. The van der Waals surface area contributed by atoms with E-state index >= 15 is 0 Å². The first kappa shape index (κ1) is 15.5. The second-order valence-electron chi connectivity index (χ2n) is 6.64. The summed E-state index contributed by atoms with van der Waals surface area (Å²) in [6, 6.07) is 17.4. The van der Waals surface area contributed by atoms with E-state index in [9.17, 15) is 0 Å². The van der Waals surface area contributed by atoms with Gasteiger partial charge in [-0.2, -0.15) is 0 Å². The van der Waals surface area contributed by atoms with Gasteiger partial charge in [-0.05, 0) is 35.4 Å². The molecule has 0 spiro atoms. The third kappa shape index (κ3) is 4.08. The molecule has 0 amide bonds. The molecule has 2 fully saturated rings. The van der Waals surface area contributed by atoms with Crippen molar-refractivity contribution in [2.24, 2.45) is 0 Å². The van der Waals surface area contributed by atoms with Gasteiger partial charge in [0, 0.05) is 30.4 Å². The van der Waals surface area contributed by atoms with Gasteiger partial charge in [0.25, 0.3) is 0 Å². The first-order valence-electron chi connectivity index (χ1n) is 8.69. The highest BCUT2D eigenvalue weighted by atomic mass is 16.6. The van der Waals surface area contributed by atoms with E-state index in [2.05, 4.69) is 66.1 Å². The lowest BCUT2D eigenvalue weighted by molar-refractivity contribution is 0.416. The molecule has 4 rings (SSSR count). The van der Waals surface area contributed by atoms with E-state index in [4.69, 9.17) is 9.47 Å². The Morgan fingerprint density at radius 1 is 0.792 bits per heavy atom. The molecule has 24 heavy (non-hydrogen) atoms. The van der Waals surface area contributed by atoms with Crippen LogP contribution in [0.1, 0.15) is 24.0 Å². The van der Waals surface area contributed by atoms with Crippen LogP contribution in [0.2, 0.25) is 0 Å². The summed E-state index contributed by atoms with van der Waals surface area (Å²) in [4.78, 5) is 0. The molecule has 0 bridgehead atoms. The largest absolute Gasteiger partial charge is 0.382 e. The summed E-state index contributed by atoms with van der Waals surface area (Å²) < 4.78 is 10.4. The Kier molecular flexibility index (Phi) is 4.41. The summed E-state index contributed by atoms with van der Waals surface area (Å²) in [7, 11) is 0. The number of hydrogen-bond acceptors (Lipinski definition) is 4. The minimum Gasteiger partial charge on any atom is -0.382 e. The first-order valence-corrected chi connectivity index (χ1v) is 8.69. The Hall–Kier alpha value is -2.04. The van der Waals surface area contributed by atoms with Crippen LogP contribution in [-0.2, 0) is 9.47 Å². The van der Waals surface area contributed by atoms with E-state index in [-0.39, 0.29) is 0 Å². The lowest BCUT2D eigenvalue weighted by atomic mass is 9.93. The van der Waals surface area contributed by atoms with Crippen LogP contribution in [0.15, 0.2) is 48.5 Å². The number of hydrogen-bond donors (Lipinski definition) is 2. The Morgan fingerprint density at radius 2 is 1.17 bits per heavy atom. The predicted octanol–water partition coefficient (Wildman–Crippen LogP) is 3.46. The molecule has 2 atom stereocenters. The SMILES string of the molecule is CC(c1ccc(NCC2CO2)cc1)c1ccc(NCC2CO2)cc1. The predicted molar refractivity (Wildman–Crippen MR) is 96.9 cm³/mol. The van der Waals surface area contributed by atoms with E-state index in [1.807, 2.05) is 0 Å². The highest BCUT2D eigenvalue weighted by Crippen LogP contribution is 2.26. The molecule has 0 aliphatic carbocycles. The van der Waals surface area contributed by atoms with Gasteiger partial charge in [-0.25, -0.2) is 0 Å². The zero-order chi connectivity index (χ0) is 16.4. The number of anilines is 2. The molecule has 2 heterocycles. The fourth-order valence-electron chi connectivity index (χ4n) is 2.81. The minimum atomic E-state index is 0.381. The Bertz CT molecular complexity index is 602. The van der Waals surface area contributed by atoms with Crippen molar-refractivity contribution < 1.29 is 9.47 Å². The monoisotopic (exact) mass is 324 g/mol. The van der Waals surface area contributed by atoms with E-state index in [1.165, 1.54) is 11.1 Å². The average molecular weight is 324 g/mol. The van der Waals surface area contributed by atoms with Gasteiger partial charge >= 0.3 is 0 Å². The molecule has 0 aromatic heterocycles. The quantitative estimate of drug-likeness (QED) is 0.730. The van der Waals surface area contributed by atoms with Crippen molar-refractivity contribution in [1.82, 2.24) is 0 Å². The smallest absolute Gasteiger partial charge is 0.0981 e. The maximum absolute atomic E-state index is 5.22. The normalized spacial score (nSPS) is 22.7. The maximum Gasteiger partial charge on any atom is 0.0981 e. The van der Waals surface area contributed by atoms with Gasteiger partial charge in [0.2, 0.25) is 0 Å². The highest BCUT2D eigenvalue weighted by Gasteiger charge is 2.22. The number of benzene rings is 2. The minimum absolute atomic E-state index is 0.381. The Morgan fingerprint density at radius 3 is 1.50 bits per heavy atom. The van der Waals surface area contributed by atoms with Gasteiger partial charge < -0.3 is 20.1 Å². The molecule has 2 unspecified atom stereocenters. The number of nitrogens with one attached hydrogen (secondary N) is 2. The van der Waals surface area contributed by atoms with Gasteiger partial charge in [-0.15, -0.1) is 0 Å². The van der Waals surface area contributed by atoms with Crippen molar-refractivity contribution >= 4 is 11.4 Å². The van der Waals surface area contributed by atoms with E-state index in [0.717, 1.165) is 37.7 Å². The molecular weight excluding hydrogens is 300 g/mol. The van der Waals surface area contributed by atoms with Crippen molar-refractivity contribution in [3.05, 3.63) is 59.7 Å². The summed E-state index contributed by atoms with van der Waals surface area (Å²) in [6.45, 7) is 5.83. The molecule has 2 N–H and O–H groups in total. The van der Waals surface area contributed by atoms with Crippen LogP contribution in [0.3, 0.4) is 0 Å². The second-order valence-corrected chi connectivity index (χ2v) is 6.64. The fraction of sp³-hybridized carbons (Fsp3) is 0.400. The molecule has 2 saturated heterocycles. The zero-order valence-corrected chi connectivity index (χ0v) is 14.0. The van der Waals surface area contributed by atoms with Crippen LogP contribution in [-0.4, -0.2) is 38.5 Å². The highest BCUT2D eigenvalue weighted by molar-refractivity contribution is 5.49. The summed E-state index contributed by atoms with van der Waals surface area (Å²) in [5.74, 6) is 0.381. The van der Waals surface area contributed by atoms with Gasteiger partial charge in [0.15, 0.2) is 0 Å². The number of rotatable bonds is 8. The summed E-state index contributed by atoms with van der Waals surface area (Å²) >= 11 is 0. The molecule has 126 valence electrons. The zero-order valence-electron chi connectivity index (χ0n) is 14.0. The fourth-order valence-corrected chi connectivity index (χ4v) is 2.81. The van der Waals surface area contributed by atoms with E-state index in [0.29, 0.717) is 18.1 Å². The van der Waals surface area contributed by atoms with Crippen molar-refractivity contribution in [2.45, 2.75) is 25.0 Å². The van der Waals surface area contributed by atoms with Gasteiger partial charge in [0.1, 0.15) is 0 Å². The molecular formula is C20H24N2O2. The number of ether oxygens (including phenoxy) is 2. The summed E-state index contributed by atoms with van der Waals surface area (Å²) in [5.41, 5.74) is 4.97. The lowest BCUT2D eigenvalue weighted by Gasteiger charge is -2.14. The molecule has 2 aliphatic rings. The van der Waals surface area contributed by atoms with Crippen molar-refractivity contribution in [2.75, 3.05) is 36.9 Å².